The first-order chi connectivity index (χ1) is 7.99. The second-order valence-corrected chi connectivity index (χ2v) is 3.26. The van der Waals surface area contributed by atoms with Crippen LogP contribution in [0.4, 0.5) is 8.78 Å². The molecule has 0 amide bonds. The number of phenolic OH excluding ortho intramolecular Hbond substituents is 1. The van der Waals surface area contributed by atoms with E-state index in [0.717, 1.165) is 12.1 Å². The molecule has 88 valence electrons. The van der Waals surface area contributed by atoms with E-state index in [2.05, 4.69) is 10.2 Å². The molecule has 0 aliphatic carbocycles. The third-order valence-electron chi connectivity index (χ3n) is 2.11. The van der Waals surface area contributed by atoms with E-state index in [9.17, 15) is 18.7 Å². The van der Waals surface area contributed by atoms with E-state index in [0.29, 0.717) is 6.07 Å². The fraction of sp³-hybridized carbons (Fsp3) is 0. The van der Waals surface area contributed by atoms with E-state index in [-0.39, 0.29) is 17.0 Å². The second-order valence-electron chi connectivity index (χ2n) is 3.26. The minimum Gasteiger partial charge on any atom is -0.504 e. The minimum absolute atomic E-state index is 0.0571. The Kier molecular flexibility index (Phi) is 2.51. The number of benzene rings is 1. The van der Waals surface area contributed by atoms with Gasteiger partial charge in [-0.3, -0.25) is 5.10 Å². The van der Waals surface area contributed by atoms with Crippen LogP contribution in [-0.4, -0.2) is 26.4 Å². The van der Waals surface area contributed by atoms with Crippen LogP contribution in [0.25, 0.3) is 11.3 Å². The molecule has 1 heterocycles. The molecule has 7 heteroatoms. The van der Waals surface area contributed by atoms with Crippen molar-refractivity contribution in [3.63, 3.8) is 0 Å². The first kappa shape index (κ1) is 11.1. The Morgan fingerprint density at radius 1 is 1.29 bits per heavy atom. The molecule has 0 saturated heterocycles. The number of aromatic carboxylic acids is 1. The van der Waals surface area contributed by atoms with Gasteiger partial charge in [-0.2, -0.15) is 5.10 Å². The highest BCUT2D eigenvalue weighted by atomic mass is 19.1. The molecule has 3 N–H and O–H groups in total. The van der Waals surface area contributed by atoms with Gasteiger partial charge in [-0.1, -0.05) is 0 Å². The van der Waals surface area contributed by atoms with E-state index in [1.165, 1.54) is 0 Å². The molecular formula is C10H6F2N2O3. The van der Waals surface area contributed by atoms with Crippen LogP contribution in [0.2, 0.25) is 0 Å². The number of carboxylic acids is 1. The molecular weight excluding hydrogens is 234 g/mol. The summed E-state index contributed by atoms with van der Waals surface area (Å²) in [7, 11) is 0. The molecule has 5 nitrogen and oxygen atoms in total. The van der Waals surface area contributed by atoms with Crippen molar-refractivity contribution < 1.29 is 23.8 Å². The maximum atomic E-state index is 13.0. The zero-order chi connectivity index (χ0) is 12.6. The maximum Gasteiger partial charge on any atom is 0.353 e. The van der Waals surface area contributed by atoms with Crippen molar-refractivity contribution in [2.24, 2.45) is 0 Å². The van der Waals surface area contributed by atoms with E-state index in [1.807, 2.05) is 0 Å². The zero-order valence-corrected chi connectivity index (χ0v) is 8.24. The van der Waals surface area contributed by atoms with Crippen LogP contribution < -0.4 is 0 Å². The number of H-pyrrole nitrogens is 1. The summed E-state index contributed by atoms with van der Waals surface area (Å²) in [5.74, 6) is -4.08. The average Bonchev–Trinajstić information content (AvgIpc) is 2.72. The van der Waals surface area contributed by atoms with Crippen molar-refractivity contribution in [2.45, 2.75) is 0 Å². The Morgan fingerprint density at radius 2 is 2.00 bits per heavy atom. The highest BCUT2D eigenvalue weighted by Crippen LogP contribution is 2.31. The van der Waals surface area contributed by atoms with E-state index in [4.69, 9.17) is 5.11 Å². The van der Waals surface area contributed by atoms with Crippen LogP contribution in [0.3, 0.4) is 0 Å². The lowest BCUT2D eigenvalue weighted by Gasteiger charge is -2.02. The van der Waals surface area contributed by atoms with Gasteiger partial charge in [0.25, 0.3) is 0 Å². The van der Waals surface area contributed by atoms with Crippen LogP contribution in [0.15, 0.2) is 18.2 Å². The number of phenols is 1. The van der Waals surface area contributed by atoms with Gasteiger partial charge in [0.05, 0.1) is 5.69 Å². The highest BCUT2D eigenvalue weighted by Gasteiger charge is 2.16. The van der Waals surface area contributed by atoms with Crippen molar-refractivity contribution in [3.8, 4) is 17.0 Å². The molecule has 2 rings (SSSR count). The number of rotatable bonds is 2. The molecule has 0 aliphatic heterocycles. The van der Waals surface area contributed by atoms with Gasteiger partial charge in [0.15, 0.2) is 11.6 Å². The molecule has 0 aliphatic rings. The summed E-state index contributed by atoms with van der Waals surface area (Å²) >= 11 is 0. The third-order valence-corrected chi connectivity index (χ3v) is 2.11. The molecule has 1 aromatic heterocycles. The Hall–Kier alpha value is -2.44. The fourth-order valence-electron chi connectivity index (χ4n) is 1.33. The van der Waals surface area contributed by atoms with Crippen molar-refractivity contribution in [1.82, 2.24) is 10.2 Å². The van der Waals surface area contributed by atoms with Crippen LogP contribution in [0.1, 0.15) is 10.5 Å². The van der Waals surface area contributed by atoms with Crippen LogP contribution in [0, 0.1) is 11.6 Å². The van der Waals surface area contributed by atoms with Crippen LogP contribution in [0.5, 0.6) is 5.75 Å². The minimum atomic E-state index is -1.26. The van der Waals surface area contributed by atoms with Gasteiger partial charge < -0.3 is 10.2 Å². The van der Waals surface area contributed by atoms with Gasteiger partial charge in [0, 0.05) is 11.6 Å². The van der Waals surface area contributed by atoms with Crippen molar-refractivity contribution >= 4 is 5.97 Å². The first-order valence-electron chi connectivity index (χ1n) is 4.46. The molecule has 0 bridgehead atoms. The predicted octanol–water partition coefficient (Wildman–Crippen LogP) is 1.76. The molecule has 17 heavy (non-hydrogen) atoms. The van der Waals surface area contributed by atoms with E-state index >= 15 is 0 Å². The number of nitrogens with one attached hydrogen (secondary N) is 1. The van der Waals surface area contributed by atoms with Gasteiger partial charge in [-0.15, -0.1) is 0 Å². The van der Waals surface area contributed by atoms with E-state index < -0.39 is 23.4 Å². The lowest BCUT2D eigenvalue weighted by atomic mass is 10.1. The third kappa shape index (κ3) is 1.94. The number of carbonyl (C=O) groups is 1. The Bertz CT molecular complexity index is 595. The first-order valence-corrected chi connectivity index (χ1v) is 4.46. The molecule has 0 unspecified atom stereocenters. The Balaban J connectivity index is 2.56. The fourth-order valence-corrected chi connectivity index (χ4v) is 1.33. The SMILES string of the molecule is O=C(O)c1cc(-c2cc(F)cc(F)c2O)n[nH]1. The van der Waals surface area contributed by atoms with Crippen LogP contribution >= 0.6 is 0 Å². The van der Waals surface area contributed by atoms with Gasteiger partial charge in [-0.25, -0.2) is 13.6 Å². The normalized spacial score (nSPS) is 10.5. The Labute approximate surface area is 93.3 Å². The standard InChI is InChI=1S/C10H6F2N2O3/c11-4-1-5(9(15)6(12)2-4)7-3-8(10(16)17)14-13-7/h1-3,15H,(H,13,14)(H,16,17). The molecule has 0 radical (unpaired) electrons. The number of hydrogen-bond donors (Lipinski definition) is 3. The van der Waals surface area contributed by atoms with Gasteiger partial charge in [0.2, 0.25) is 0 Å². The topological polar surface area (TPSA) is 86.2 Å². The smallest absolute Gasteiger partial charge is 0.353 e. The number of aromatic amines is 1. The average molecular weight is 240 g/mol. The van der Waals surface area contributed by atoms with Crippen molar-refractivity contribution in [3.05, 3.63) is 35.5 Å². The van der Waals surface area contributed by atoms with Crippen molar-refractivity contribution in [2.75, 3.05) is 0 Å². The molecule has 0 spiro atoms. The van der Waals surface area contributed by atoms with Gasteiger partial charge in [-0.05, 0) is 12.1 Å². The summed E-state index contributed by atoms with van der Waals surface area (Å²) in [6, 6.07) is 2.44. The number of aromatic nitrogens is 2. The maximum absolute atomic E-state index is 13.0. The van der Waals surface area contributed by atoms with Crippen molar-refractivity contribution in [1.29, 1.82) is 0 Å². The summed E-state index contributed by atoms with van der Waals surface area (Å²) in [5, 5.41) is 23.7. The second kappa shape index (κ2) is 3.85. The lowest BCUT2D eigenvalue weighted by molar-refractivity contribution is 0.0690. The number of nitrogens with zero attached hydrogens (tertiary/aromatic N) is 1. The summed E-state index contributed by atoms with van der Waals surface area (Å²) in [4.78, 5) is 10.6. The van der Waals surface area contributed by atoms with Gasteiger partial charge >= 0.3 is 5.97 Å². The Morgan fingerprint density at radius 3 is 2.59 bits per heavy atom. The van der Waals surface area contributed by atoms with Crippen LogP contribution in [-0.2, 0) is 0 Å². The number of aromatic hydroxyl groups is 1. The van der Waals surface area contributed by atoms with E-state index in [1.54, 1.807) is 0 Å². The number of carboxylic acid groups (broad SMARTS) is 1. The van der Waals surface area contributed by atoms with Gasteiger partial charge in [0.1, 0.15) is 11.5 Å². The largest absolute Gasteiger partial charge is 0.504 e. The molecule has 1 aromatic carbocycles. The number of halogens is 2. The number of hydrogen-bond acceptors (Lipinski definition) is 3. The molecule has 0 saturated carbocycles. The molecule has 0 fully saturated rings. The predicted molar refractivity (Wildman–Crippen MR) is 52.6 cm³/mol. The highest BCUT2D eigenvalue weighted by molar-refractivity contribution is 5.87. The summed E-state index contributed by atoms with van der Waals surface area (Å²) in [6.07, 6.45) is 0. The zero-order valence-electron chi connectivity index (χ0n) is 8.24. The molecule has 0 atom stereocenters. The lowest BCUT2D eigenvalue weighted by Crippen LogP contribution is -1.95. The summed E-state index contributed by atoms with van der Waals surface area (Å²) < 4.78 is 26.0. The summed E-state index contributed by atoms with van der Waals surface area (Å²) in [5.41, 5.74) is -0.520. The molecule has 2 aromatic rings. The monoisotopic (exact) mass is 240 g/mol. The summed E-state index contributed by atoms with van der Waals surface area (Å²) in [6.45, 7) is 0. The quantitative estimate of drug-likeness (QED) is 0.746.